The lowest BCUT2D eigenvalue weighted by molar-refractivity contribution is 0.417. The Morgan fingerprint density at radius 1 is 1.31 bits per heavy atom. The summed E-state index contributed by atoms with van der Waals surface area (Å²) in [5, 5.41) is 0.407. The Labute approximate surface area is 159 Å². The highest BCUT2D eigenvalue weighted by molar-refractivity contribution is 7.94. The van der Waals surface area contributed by atoms with Gasteiger partial charge in [0.2, 0.25) is 0 Å². The summed E-state index contributed by atoms with van der Waals surface area (Å²) in [5.41, 5.74) is 0.283. The fraction of sp³-hybridized carbons (Fsp3) is 0.235. The largest absolute Gasteiger partial charge is 0.495 e. The van der Waals surface area contributed by atoms with E-state index < -0.39 is 10.0 Å². The number of halogens is 1. The number of nitrogens with zero attached hydrogens (tertiary/aromatic N) is 1. The lowest BCUT2D eigenvalue weighted by Gasteiger charge is -2.11. The molecule has 6 nitrogen and oxygen atoms in total. The van der Waals surface area contributed by atoms with E-state index in [0.29, 0.717) is 27.3 Å². The van der Waals surface area contributed by atoms with E-state index in [-0.39, 0.29) is 9.90 Å². The van der Waals surface area contributed by atoms with Gasteiger partial charge in [0.25, 0.3) is 10.0 Å². The second-order valence-corrected chi connectivity index (χ2v) is 9.34. The molecule has 1 fully saturated rings. The van der Waals surface area contributed by atoms with Crippen LogP contribution in [0.15, 0.2) is 45.2 Å². The molecule has 26 heavy (non-hydrogen) atoms. The highest BCUT2D eigenvalue weighted by Crippen LogP contribution is 2.41. The molecule has 0 atom stereocenters. The molecule has 0 spiro atoms. The smallest absolute Gasteiger partial charge is 0.271 e. The van der Waals surface area contributed by atoms with E-state index in [9.17, 15) is 8.42 Å². The van der Waals surface area contributed by atoms with Gasteiger partial charge in [0.1, 0.15) is 9.96 Å². The predicted molar refractivity (Wildman–Crippen MR) is 101 cm³/mol. The number of oxazole rings is 1. The van der Waals surface area contributed by atoms with Crippen LogP contribution in [0.2, 0.25) is 5.02 Å². The molecule has 0 saturated heterocycles. The summed E-state index contributed by atoms with van der Waals surface area (Å²) in [6.45, 7) is 0. The van der Waals surface area contributed by atoms with Gasteiger partial charge in [-0.15, -0.1) is 11.3 Å². The van der Waals surface area contributed by atoms with Gasteiger partial charge < -0.3 is 9.15 Å². The number of ether oxygens (including phenoxy) is 1. The monoisotopic (exact) mass is 410 g/mol. The van der Waals surface area contributed by atoms with E-state index >= 15 is 0 Å². The molecular formula is C17H15ClN2O4S2. The van der Waals surface area contributed by atoms with Gasteiger partial charge in [-0.2, -0.15) is 0 Å². The number of benzene rings is 1. The Balaban J connectivity index is 1.60. The van der Waals surface area contributed by atoms with Crippen LogP contribution < -0.4 is 9.46 Å². The Morgan fingerprint density at radius 2 is 2.12 bits per heavy atom. The Bertz CT molecular complexity index is 1050. The zero-order valence-corrected chi connectivity index (χ0v) is 16.1. The minimum atomic E-state index is -3.78. The van der Waals surface area contributed by atoms with Crippen molar-refractivity contribution >= 4 is 38.6 Å². The number of sulfonamides is 1. The highest BCUT2D eigenvalue weighted by atomic mass is 35.5. The molecule has 1 aliphatic rings. The van der Waals surface area contributed by atoms with Crippen molar-refractivity contribution < 1.29 is 17.6 Å². The summed E-state index contributed by atoms with van der Waals surface area (Å²) in [6.07, 6.45) is 3.83. The first-order valence-electron chi connectivity index (χ1n) is 7.88. The first-order valence-corrected chi connectivity index (χ1v) is 10.6. The van der Waals surface area contributed by atoms with Crippen molar-refractivity contribution in [2.75, 3.05) is 11.8 Å². The normalized spacial score (nSPS) is 14.4. The molecule has 0 unspecified atom stereocenters. The minimum Gasteiger partial charge on any atom is -0.495 e. The lowest BCUT2D eigenvalue weighted by Crippen LogP contribution is -2.12. The number of hydrogen-bond acceptors (Lipinski definition) is 6. The fourth-order valence-electron chi connectivity index (χ4n) is 2.47. The average molecular weight is 411 g/mol. The summed E-state index contributed by atoms with van der Waals surface area (Å²) >= 11 is 7.08. The van der Waals surface area contributed by atoms with Gasteiger partial charge in [-0.25, -0.2) is 13.4 Å². The van der Waals surface area contributed by atoms with Gasteiger partial charge in [0, 0.05) is 10.9 Å². The summed E-state index contributed by atoms with van der Waals surface area (Å²) in [5.74, 6) is 2.10. The number of methoxy groups -OCH3 is 1. The van der Waals surface area contributed by atoms with Crippen LogP contribution >= 0.6 is 22.9 Å². The zero-order valence-electron chi connectivity index (χ0n) is 13.7. The van der Waals surface area contributed by atoms with E-state index in [1.807, 2.05) is 0 Å². The maximum absolute atomic E-state index is 12.7. The van der Waals surface area contributed by atoms with Crippen LogP contribution in [0.5, 0.6) is 5.75 Å². The van der Waals surface area contributed by atoms with Crippen molar-refractivity contribution in [1.29, 1.82) is 0 Å². The number of hydrogen-bond donors (Lipinski definition) is 1. The molecule has 2 heterocycles. The van der Waals surface area contributed by atoms with Crippen LogP contribution in [0.4, 0.5) is 5.69 Å². The van der Waals surface area contributed by atoms with Gasteiger partial charge in [-0.1, -0.05) is 11.6 Å². The SMILES string of the molecule is COc1ccc(Cl)cc1NS(=O)(=O)c1ccc(-c2cnc(C3CC3)o2)s1. The van der Waals surface area contributed by atoms with E-state index in [2.05, 4.69) is 9.71 Å². The Kier molecular flexibility index (Phi) is 4.42. The van der Waals surface area contributed by atoms with E-state index in [0.717, 1.165) is 30.1 Å². The van der Waals surface area contributed by atoms with Gasteiger partial charge in [0.05, 0.1) is 23.9 Å². The number of aromatic nitrogens is 1. The van der Waals surface area contributed by atoms with Gasteiger partial charge in [0.15, 0.2) is 11.7 Å². The Hall–Kier alpha value is -2.03. The molecule has 0 radical (unpaired) electrons. The second-order valence-electron chi connectivity index (χ2n) is 5.91. The van der Waals surface area contributed by atoms with Crippen molar-refractivity contribution in [3.05, 3.63) is 47.4 Å². The summed E-state index contributed by atoms with van der Waals surface area (Å²) in [6, 6.07) is 7.99. The average Bonchev–Trinajstić information content (AvgIpc) is 3.12. The molecule has 1 saturated carbocycles. The Morgan fingerprint density at radius 3 is 2.85 bits per heavy atom. The van der Waals surface area contributed by atoms with Crippen LogP contribution in [-0.4, -0.2) is 20.5 Å². The number of nitrogens with one attached hydrogen (secondary N) is 1. The fourth-order valence-corrected chi connectivity index (χ4v) is 4.96. The molecule has 9 heteroatoms. The van der Waals surface area contributed by atoms with Crippen molar-refractivity contribution in [1.82, 2.24) is 4.98 Å². The lowest BCUT2D eigenvalue weighted by atomic mass is 10.3. The molecule has 3 aromatic rings. The van der Waals surface area contributed by atoms with Crippen LogP contribution in [0.25, 0.3) is 10.6 Å². The molecule has 0 bridgehead atoms. The first kappa shape index (κ1) is 17.4. The molecule has 136 valence electrons. The van der Waals surface area contributed by atoms with Gasteiger partial charge in [-0.05, 0) is 43.2 Å². The third-order valence-corrected chi connectivity index (χ3v) is 7.14. The van der Waals surface area contributed by atoms with Crippen LogP contribution in [0.3, 0.4) is 0 Å². The minimum absolute atomic E-state index is 0.166. The molecule has 1 aliphatic carbocycles. The summed E-state index contributed by atoms with van der Waals surface area (Å²) < 4.78 is 39.0. The molecule has 2 aromatic heterocycles. The topological polar surface area (TPSA) is 81.4 Å². The quantitative estimate of drug-likeness (QED) is 0.634. The third kappa shape index (κ3) is 3.44. The summed E-state index contributed by atoms with van der Waals surface area (Å²) in [4.78, 5) is 4.98. The van der Waals surface area contributed by atoms with Crippen LogP contribution in [-0.2, 0) is 10.0 Å². The van der Waals surface area contributed by atoms with Gasteiger partial charge >= 0.3 is 0 Å². The van der Waals surface area contributed by atoms with E-state index in [1.165, 1.54) is 13.2 Å². The first-order chi connectivity index (χ1) is 12.5. The zero-order chi connectivity index (χ0) is 18.3. The third-order valence-electron chi connectivity index (χ3n) is 3.95. The standard InChI is InChI=1S/C17H15ClN2O4S2/c1-23-13-5-4-11(18)8-12(13)20-26(21,22)16-7-6-15(25-16)14-9-19-17(24-14)10-2-3-10/h4-10,20H,2-3H2,1H3. The number of anilines is 1. The second kappa shape index (κ2) is 6.61. The van der Waals surface area contributed by atoms with Crippen molar-refractivity contribution in [2.24, 2.45) is 0 Å². The number of thiophene rings is 1. The van der Waals surface area contributed by atoms with E-state index in [4.69, 9.17) is 20.8 Å². The number of rotatable bonds is 6. The van der Waals surface area contributed by atoms with Crippen molar-refractivity contribution in [3.63, 3.8) is 0 Å². The molecule has 0 aliphatic heterocycles. The maximum atomic E-state index is 12.7. The van der Waals surface area contributed by atoms with E-state index in [1.54, 1.807) is 30.5 Å². The summed E-state index contributed by atoms with van der Waals surface area (Å²) in [7, 11) is -2.32. The maximum Gasteiger partial charge on any atom is 0.271 e. The van der Waals surface area contributed by atoms with Crippen LogP contribution in [0, 0.1) is 0 Å². The van der Waals surface area contributed by atoms with Crippen molar-refractivity contribution in [3.8, 4) is 16.4 Å². The molecular weight excluding hydrogens is 396 g/mol. The van der Waals surface area contributed by atoms with Gasteiger partial charge in [-0.3, -0.25) is 4.72 Å². The molecule has 1 N–H and O–H groups in total. The molecule has 4 rings (SSSR count). The highest BCUT2D eigenvalue weighted by Gasteiger charge is 2.29. The molecule has 0 amide bonds. The molecule has 1 aromatic carbocycles. The predicted octanol–water partition coefficient (Wildman–Crippen LogP) is 4.74. The van der Waals surface area contributed by atoms with Crippen LogP contribution in [0.1, 0.15) is 24.7 Å². The van der Waals surface area contributed by atoms with Crippen molar-refractivity contribution in [2.45, 2.75) is 23.0 Å².